The molecule has 0 aliphatic carbocycles. The van der Waals surface area contributed by atoms with Crippen molar-refractivity contribution < 1.29 is 39.0 Å². The zero-order chi connectivity index (χ0) is 53.9. The molecule has 16 heteroatoms. The number of quaternary nitrogens is 2. The van der Waals surface area contributed by atoms with Gasteiger partial charge in [0.25, 0.3) is 0 Å². The zero-order valence-corrected chi connectivity index (χ0v) is 59.6. The molecule has 0 aliphatic heterocycles. The summed E-state index contributed by atoms with van der Waals surface area (Å²) in [4.78, 5) is 2.62. The van der Waals surface area contributed by atoms with E-state index in [-0.39, 0.29) is 109 Å². The van der Waals surface area contributed by atoms with Crippen molar-refractivity contribution >= 4 is 108 Å². The molecule has 70 heavy (non-hydrogen) atoms. The van der Waals surface area contributed by atoms with Crippen LogP contribution in [-0.2, 0) is 53.7 Å². The van der Waals surface area contributed by atoms with E-state index < -0.39 is 32.9 Å². The van der Waals surface area contributed by atoms with Crippen molar-refractivity contribution in [3.05, 3.63) is 66.9 Å². The van der Waals surface area contributed by atoms with Crippen LogP contribution in [-0.4, -0.2) is 189 Å². The summed E-state index contributed by atoms with van der Waals surface area (Å²) in [5.41, 5.74) is 5.79. The second kappa shape index (κ2) is 34.1. The van der Waals surface area contributed by atoms with Gasteiger partial charge in [-0.25, -0.2) is 0 Å². The van der Waals surface area contributed by atoms with Crippen LogP contribution in [0, 0.1) is 0 Å². The van der Waals surface area contributed by atoms with Crippen LogP contribution in [0.4, 0.5) is 0 Å². The van der Waals surface area contributed by atoms with Crippen LogP contribution >= 0.6 is 0 Å². The standard InChI is InChI=1S/2C21H37NO3.2C6H18NSi2.2Ca/c2*1-20(2,3)17-13-16(19(23)18(14-17)21(4,5)6)15-22(9-11-24-7)10-12-25-8;2*1-8(2,3)7-9(4,5)6;;/h2*13-14,23H,9-12,15H2,1-8H3;2*1-6H3;;/q;;2*-1;2*+2. The molecule has 0 saturated heterocycles. The largest absolute Gasteiger partial charge is 2.00 e. The fourth-order valence-corrected chi connectivity index (χ4v) is 23.9. The van der Waals surface area contributed by atoms with Gasteiger partial charge in [-0.2, -0.15) is 0 Å². The summed E-state index contributed by atoms with van der Waals surface area (Å²) in [6, 6.07) is 8.43. The van der Waals surface area contributed by atoms with E-state index in [9.17, 15) is 10.2 Å². The zero-order valence-electron chi connectivity index (χ0n) is 51.1. The molecule has 2 aromatic rings. The van der Waals surface area contributed by atoms with E-state index in [1.165, 1.54) is 20.9 Å². The minimum absolute atomic E-state index is 0. The molecule has 2 rings (SSSR count). The fraction of sp³-hybridized carbons (Fsp3) is 0.778. The van der Waals surface area contributed by atoms with Crippen LogP contribution in [0.5, 0.6) is 11.5 Å². The van der Waals surface area contributed by atoms with Crippen molar-refractivity contribution in [1.82, 2.24) is 0 Å². The molecule has 0 bridgehead atoms. The first-order chi connectivity index (χ1) is 30.4. The van der Waals surface area contributed by atoms with Gasteiger partial charge >= 0.3 is 75.5 Å². The number of nitrogens with zero attached hydrogens (tertiary/aromatic N) is 2. The Morgan fingerprint density at radius 3 is 0.757 bits per heavy atom. The molecule has 0 spiro atoms. The van der Waals surface area contributed by atoms with E-state index in [4.69, 9.17) is 28.2 Å². The summed E-state index contributed by atoms with van der Waals surface area (Å²) in [6.07, 6.45) is 0. The Hall–Kier alpha value is 1.11. The molecule has 0 heterocycles. The van der Waals surface area contributed by atoms with Crippen LogP contribution in [0.3, 0.4) is 0 Å². The van der Waals surface area contributed by atoms with Crippen molar-refractivity contribution in [2.24, 2.45) is 0 Å². The molecule has 2 aromatic carbocycles. The van der Waals surface area contributed by atoms with Crippen LogP contribution in [0.2, 0.25) is 78.6 Å². The third kappa shape index (κ3) is 37.0. The molecule has 10 nitrogen and oxygen atoms in total. The topological polar surface area (TPSA) is 120 Å². The Balaban J connectivity index is -0.000000453. The smallest absolute Gasteiger partial charge is 0.872 e. The van der Waals surface area contributed by atoms with Gasteiger partial charge in [-0.1, -0.05) is 230 Å². The molecule has 0 saturated carbocycles. The summed E-state index contributed by atoms with van der Waals surface area (Å²) in [6.45, 7) is 61.0. The van der Waals surface area contributed by atoms with Crippen LogP contribution in [0.25, 0.3) is 9.30 Å². The SMILES string of the molecule is COCC[NH+](CCOC)Cc1cc(C(C)(C)C)cc(C(C)(C)C)c1[O-].COCC[NH+](CCOC)Cc1cc(C(C)(C)C)cc(C(C)(C)C)c1[O-].C[Si](C)(C)[N-][Si](C)(C)C.C[Si](C)(C)[N-][Si](C)(C)C.[Ca+2].[Ca+2]. The van der Waals surface area contributed by atoms with Gasteiger partial charge in [-0.15, -0.1) is 0 Å². The average Bonchev–Trinajstić information content (AvgIpc) is 3.11. The first-order valence-corrected chi connectivity index (χ1v) is 39.0. The summed E-state index contributed by atoms with van der Waals surface area (Å²) in [5, 5.41) is 26.2. The molecular formula is C54H110Ca2N4O6Si4+2. The van der Waals surface area contributed by atoms with E-state index >= 15 is 0 Å². The maximum atomic E-state index is 13.1. The Labute approximate surface area is 498 Å². The first-order valence-electron chi connectivity index (χ1n) is 25.2. The number of benzene rings is 2. The molecule has 0 atom stereocenters. The van der Waals surface area contributed by atoms with Crippen molar-refractivity contribution in [2.45, 2.75) is 196 Å². The third-order valence-electron chi connectivity index (χ3n) is 10.5. The van der Waals surface area contributed by atoms with Crippen molar-refractivity contribution in [3.63, 3.8) is 0 Å². The second-order valence-electron chi connectivity index (χ2n) is 26.8. The van der Waals surface area contributed by atoms with E-state index in [2.05, 4.69) is 186 Å². The number of nitrogens with one attached hydrogen (secondary N) is 2. The molecule has 0 fully saturated rings. The normalized spacial score (nSPS) is 12.8. The van der Waals surface area contributed by atoms with E-state index in [1.807, 2.05) is 0 Å². The molecule has 400 valence electrons. The molecule has 0 amide bonds. The molecule has 2 N–H and O–H groups in total. The summed E-state index contributed by atoms with van der Waals surface area (Å²) < 4.78 is 30.6. The van der Waals surface area contributed by atoms with Crippen molar-refractivity contribution in [3.8, 4) is 11.5 Å². The molecule has 0 aliphatic rings. The predicted molar refractivity (Wildman–Crippen MR) is 314 cm³/mol. The van der Waals surface area contributed by atoms with Gasteiger partial charge in [0.1, 0.15) is 39.3 Å². The summed E-state index contributed by atoms with van der Waals surface area (Å²) >= 11 is 0. The maximum absolute atomic E-state index is 13.1. The van der Waals surface area contributed by atoms with E-state index in [0.29, 0.717) is 39.5 Å². The molecule has 0 radical (unpaired) electrons. The van der Waals surface area contributed by atoms with Gasteiger partial charge in [0.2, 0.25) is 0 Å². The Morgan fingerprint density at radius 1 is 0.400 bits per heavy atom. The number of methoxy groups -OCH3 is 4. The number of hydrogen-bond donors (Lipinski definition) is 2. The van der Waals surface area contributed by atoms with Crippen molar-refractivity contribution in [2.75, 3.05) is 81.0 Å². The Bertz CT molecular complexity index is 1550. The molecular weight excluding hydrogens is 993 g/mol. The van der Waals surface area contributed by atoms with Crippen LogP contribution in [0.1, 0.15) is 116 Å². The van der Waals surface area contributed by atoms with Gasteiger partial charge in [-0.05, 0) is 55.0 Å². The van der Waals surface area contributed by atoms with E-state index in [1.54, 1.807) is 28.4 Å². The van der Waals surface area contributed by atoms with Crippen molar-refractivity contribution in [1.29, 1.82) is 0 Å². The maximum Gasteiger partial charge on any atom is 2.00 e. The third-order valence-corrected chi connectivity index (χ3v) is 21.3. The monoisotopic (exact) mass is 1100 g/mol. The predicted octanol–water partition coefficient (Wildman–Crippen LogP) is 9.36. The molecule has 0 unspecified atom stereocenters. The first kappa shape index (κ1) is 77.6. The van der Waals surface area contributed by atoms with E-state index in [0.717, 1.165) is 48.4 Å². The number of rotatable bonds is 20. The molecule has 0 aromatic heterocycles. The van der Waals surface area contributed by atoms with Gasteiger partial charge in [0.05, 0.1) is 26.4 Å². The Morgan fingerprint density at radius 2 is 0.614 bits per heavy atom. The minimum Gasteiger partial charge on any atom is -0.872 e. The van der Waals surface area contributed by atoms with Crippen LogP contribution < -0.4 is 20.0 Å². The quantitative estimate of drug-likeness (QED) is 0.128. The second-order valence-corrected chi connectivity index (χ2v) is 45.9. The van der Waals surface area contributed by atoms with Gasteiger partial charge in [0, 0.05) is 28.4 Å². The van der Waals surface area contributed by atoms with Gasteiger partial charge < -0.3 is 48.3 Å². The minimum atomic E-state index is -1.11. The fourth-order valence-electron chi connectivity index (χ4n) is 7.76. The van der Waals surface area contributed by atoms with Gasteiger partial charge in [-0.3, -0.25) is 0 Å². The number of ether oxygens (including phenoxy) is 4. The average molecular weight is 1100 g/mol. The van der Waals surface area contributed by atoms with Crippen LogP contribution in [0.15, 0.2) is 24.3 Å². The number of hydrogen-bond acceptors (Lipinski definition) is 6. The summed E-state index contributed by atoms with van der Waals surface area (Å²) in [7, 11) is 2.43. The Kier molecular flexibility index (Phi) is 37.8. The van der Waals surface area contributed by atoms with Gasteiger partial charge in [0.15, 0.2) is 0 Å². The summed E-state index contributed by atoms with van der Waals surface area (Å²) in [5.74, 6) is 0.376.